The summed E-state index contributed by atoms with van der Waals surface area (Å²) in [5, 5.41) is 15.2. The van der Waals surface area contributed by atoms with Gasteiger partial charge in [0.15, 0.2) is 6.29 Å². The van der Waals surface area contributed by atoms with E-state index in [0.717, 1.165) is 0 Å². The van der Waals surface area contributed by atoms with Gasteiger partial charge in [0.05, 0.1) is 28.0 Å². The highest BCUT2D eigenvalue weighted by Crippen LogP contribution is 2.40. The number of pyridine rings is 2. The van der Waals surface area contributed by atoms with E-state index in [-0.39, 0.29) is 28.0 Å². The van der Waals surface area contributed by atoms with Crippen molar-refractivity contribution in [1.29, 1.82) is 0 Å². The molecule has 0 spiro atoms. The van der Waals surface area contributed by atoms with Crippen LogP contribution < -0.4 is 10.6 Å². The summed E-state index contributed by atoms with van der Waals surface area (Å²) in [6, 6.07) is 16.6. The van der Waals surface area contributed by atoms with Crippen molar-refractivity contribution in [1.82, 2.24) is 9.97 Å². The minimum Gasteiger partial charge on any atom is -0.392 e. The van der Waals surface area contributed by atoms with Gasteiger partial charge < -0.3 is 25.2 Å². The second-order valence-corrected chi connectivity index (χ2v) is 8.99. The fraction of sp³-hybridized carbons (Fsp3) is 0.143. The molecule has 4 rings (SSSR count). The minimum atomic E-state index is -0.589. The highest BCUT2D eigenvalue weighted by molar-refractivity contribution is 6.40. The average Bonchev–Trinajstić information content (AvgIpc) is 2.96. The number of methoxy groups -OCH3 is 2. The van der Waals surface area contributed by atoms with Crippen LogP contribution in [0.1, 0.15) is 38.4 Å². The molecule has 0 radical (unpaired) electrons. The molecular formula is C28H24Cl2N4O5. The predicted octanol–water partition coefficient (Wildman–Crippen LogP) is 5.74. The van der Waals surface area contributed by atoms with Crippen LogP contribution in [0.25, 0.3) is 11.1 Å². The summed E-state index contributed by atoms with van der Waals surface area (Å²) in [6.07, 6.45) is 2.33. The first-order chi connectivity index (χ1) is 18.9. The highest BCUT2D eigenvalue weighted by atomic mass is 35.5. The molecule has 9 nitrogen and oxygen atoms in total. The van der Waals surface area contributed by atoms with E-state index in [0.29, 0.717) is 33.6 Å². The first kappa shape index (κ1) is 28.2. The second kappa shape index (κ2) is 12.8. The number of nitrogens with one attached hydrogen (secondary N) is 2. The summed E-state index contributed by atoms with van der Waals surface area (Å²) in [4.78, 5) is 33.8. The van der Waals surface area contributed by atoms with E-state index in [2.05, 4.69) is 20.6 Å². The lowest BCUT2D eigenvalue weighted by Gasteiger charge is -2.15. The summed E-state index contributed by atoms with van der Waals surface area (Å²) >= 11 is 13.4. The van der Waals surface area contributed by atoms with Gasteiger partial charge in [-0.1, -0.05) is 59.6 Å². The third-order valence-corrected chi connectivity index (χ3v) is 6.56. The maximum atomic E-state index is 12.9. The van der Waals surface area contributed by atoms with Gasteiger partial charge in [-0.05, 0) is 29.8 Å². The van der Waals surface area contributed by atoms with Crippen molar-refractivity contribution in [3.05, 3.63) is 106 Å². The molecule has 0 bridgehead atoms. The first-order valence-electron chi connectivity index (χ1n) is 11.6. The number of anilines is 2. The van der Waals surface area contributed by atoms with Gasteiger partial charge in [0, 0.05) is 43.3 Å². The van der Waals surface area contributed by atoms with Gasteiger partial charge in [0.2, 0.25) is 0 Å². The molecule has 0 aliphatic rings. The zero-order valence-electron chi connectivity index (χ0n) is 20.9. The first-order valence-corrected chi connectivity index (χ1v) is 12.4. The molecule has 2 aromatic carbocycles. The lowest BCUT2D eigenvalue weighted by molar-refractivity contribution is -0.106. The van der Waals surface area contributed by atoms with Crippen LogP contribution >= 0.6 is 23.2 Å². The van der Waals surface area contributed by atoms with E-state index in [1.165, 1.54) is 32.7 Å². The van der Waals surface area contributed by atoms with Crippen molar-refractivity contribution in [2.75, 3.05) is 24.9 Å². The predicted molar refractivity (Wildman–Crippen MR) is 149 cm³/mol. The quantitative estimate of drug-likeness (QED) is 0.221. The lowest BCUT2D eigenvalue weighted by Crippen LogP contribution is -2.15. The molecule has 2 amide bonds. The third-order valence-electron chi connectivity index (χ3n) is 5.74. The molecule has 4 aromatic rings. The highest BCUT2D eigenvalue weighted by Gasteiger charge is 2.18. The Hall–Kier alpha value is -3.86. The zero-order chi connectivity index (χ0) is 27.9. The topological polar surface area (TPSA) is 123 Å². The van der Waals surface area contributed by atoms with Crippen molar-refractivity contribution in [3.8, 4) is 11.1 Å². The number of hydrogen-bond donors (Lipinski definition) is 3. The number of amides is 2. The summed E-state index contributed by atoms with van der Waals surface area (Å²) < 4.78 is 10.4. The van der Waals surface area contributed by atoms with E-state index in [4.69, 9.17) is 37.8 Å². The van der Waals surface area contributed by atoms with E-state index >= 15 is 0 Å². The molecule has 0 saturated carbocycles. The smallest absolute Gasteiger partial charge is 0.274 e. The van der Waals surface area contributed by atoms with Crippen LogP contribution in [-0.2, 0) is 16.1 Å². The van der Waals surface area contributed by atoms with Crippen LogP contribution in [-0.4, -0.2) is 41.1 Å². The van der Waals surface area contributed by atoms with Crippen LogP contribution in [0.4, 0.5) is 11.4 Å². The van der Waals surface area contributed by atoms with Gasteiger partial charge in [-0.2, -0.15) is 0 Å². The monoisotopic (exact) mass is 566 g/mol. The maximum Gasteiger partial charge on any atom is 0.274 e. The minimum absolute atomic E-state index is 0.165. The van der Waals surface area contributed by atoms with E-state index in [1.54, 1.807) is 54.6 Å². The number of ether oxygens (including phenoxy) is 2. The van der Waals surface area contributed by atoms with Crippen LogP contribution in [0.15, 0.2) is 73.1 Å². The number of benzene rings is 2. The fourth-order valence-electron chi connectivity index (χ4n) is 3.75. The van der Waals surface area contributed by atoms with Gasteiger partial charge in [-0.25, -0.2) is 0 Å². The normalized spacial score (nSPS) is 10.9. The molecule has 0 saturated heterocycles. The molecule has 0 unspecified atom stereocenters. The molecular weight excluding hydrogens is 543 g/mol. The zero-order valence-corrected chi connectivity index (χ0v) is 22.5. The Morgan fingerprint density at radius 3 is 1.72 bits per heavy atom. The number of halogens is 2. The van der Waals surface area contributed by atoms with Crippen LogP contribution in [0, 0.1) is 0 Å². The average molecular weight is 567 g/mol. The molecule has 39 heavy (non-hydrogen) atoms. The second-order valence-electron chi connectivity index (χ2n) is 8.23. The molecule has 2 aromatic heterocycles. The summed E-state index contributed by atoms with van der Waals surface area (Å²) in [7, 11) is 3.02. The molecule has 0 aliphatic heterocycles. The van der Waals surface area contributed by atoms with E-state index in [9.17, 15) is 9.59 Å². The van der Waals surface area contributed by atoms with Gasteiger partial charge in [0.1, 0.15) is 11.4 Å². The molecule has 11 heteroatoms. The van der Waals surface area contributed by atoms with Gasteiger partial charge in [0.25, 0.3) is 11.8 Å². The molecule has 3 N–H and O–H groups in total. The van der Waals surface area contributed by atoms with Crippen LogP contribution in [0.2, 0.25) is 10.0 Å². The van der Waals surface area contributed by atoms with E-state index in [1.807, 2.05) is 0 Å². The standard InChI is InChI=1S/C28H24Cl2N4O5/c1-38-28(39-2)17-10-12-23(32-14-17)27(37)34-21-8-4-6-19(25(21)30)18-5-3-7-20(24(18)29)33-26(36)22-11-9-16(15-35)13-31-22/h3-14,28,35H,15H2,1-2H3,(H,33,36)(H,34,37). The van der Waals surface area contributed by atoms with Crippen molar-refractivity contribution in [3.63, 3.8) is 0 Å². The van der Waals surface area contributed by atoms with E-state index < -0.39 is 18.1 Å². The molecule has 0 aliphatic carbocycles. The fourth-order valence-corrected chi connectivity index (χ4v) is 4.30. The number of aliphatic hydroxyl groups is 1. The molecule has 0 fully saturated rings. The van der Waals surface area contributed by atoms with Crippen LogP contribution in [0.3, 0.4) is 0 Å². The number of carbonyl (C=O) groups is 2. The number of hydrogen-bond acceptors (Lipinski definition) is 7. The molecule has 2 heterocycles. The Balaban J connectivity index is 1.55. The lowest BCUT2D eigenvalue weighted by atomic mass is 10.0. The SMILES string of the molecule is COC(OC)c1ccc(C(=O)Nc2cccc(-c3cccc(NC(=O)c4ccc(CO)cn4)c3Cl)c2Cl)nc1. The third kappa shape index (κ3) is 6.42. The summed E-state index contributed by atoms with van der Waals surface area (Å²) in [6.45, 7) is -0.172. The Labute approximate surface area is 234 Å². The Bertz CT molecular complexity index is 1480. The molecule has 200 valence electrons. The number of nitrogens with zero attached hydrogens (tertiary/aromatic N) is 2. The maximum absolute atomic E-state index is 12.9. The van der Waals surface area contributed by atoms with Crippen molar-refractivity contribution in [2.45, 2.75) is 12.9 Å². The van der Waals surface area contributed by atoms with Gasteiger partial charge in [-0.15, -0.1) is 0 Å². The van der Waals surface area contributed by atoms with Gasteiger partial charge in [-0.3, -0.25) is 19.6 Å². The van der Waals surface area contributed by atoms with Gasteiger partial charge >= 0.3 is 0 Å². The van der Waals surface area contributed by atoms with Crippen molar-refractivity contribution < 1.29 is 24.2 Å². The Morgan fingerprint density at radius 1 is 0.795 bits per heavy atom. The Morgan fingerprint density at radius 2 is 1.31 bits per heavy atom. The summed E-state index contributed by atoms with van der Waals surface area (Å²) in [5.74, 6) is -0.926. The van der Waals surface area contributed by atoms with Crippen LogP contribution in [0.5, 0.6) is 0 Å². The van der Waals surface area contributed by atoms with Crippen molar-refractivity contribution >= 4 is 46.4 Å². The summed E-state index contributed by atoms with van der Waals surface area (Å²) in [5.41, 5.74) is 3.40. The molecule has 0 atom stereocenters. The largest absolute Gasteiger partial charge is 0.392 e. The number of aromatic nitrogens is 2. The number of aliphatic hydroxyl groups excluding tert-OH is 1. The van der Waals surface area contributed by atoms with Crippen molar-refractivity contribution in [2.24, 2.45) is 0 Å². The number of rotatable bonds is 9. The Kier molecular flexibility index (Phi) is 9.23. The number of carbonyl (C=O) groups excluding carboxylic acids is 2.